The number of sulfonamides is 1. The standard InChI is InChI=1S/C18H23N3O4S/c1-4-25-17-9-5-14(6-10-17)13-19-18(21-26(3,22)23)20-15-7-11-16(24-2)12-8-15/h5-12H,4,13H2,1-3H3,(H2,19,20,21). The number of hydrogen-bond acceptors (Lipinski definition) is 5. The number of anilines is 1. The van der Waals surface area contributed by atoms with Crippen molar-refractivity contribution in [2.24, 2.45) is 4.99 Å². The van der Waals surface area contributed by atoms with Crippen LogP contribution in [0.15, 0.2) is 53.5 Å². The predicted molar refractivity (Wildman–Crippen MR) is 103 cm³/mol. The molecule has 26 heavy (non-hydrogen) atoms. The van der Waals surface area contributed by atoms with Gasteiger partial charge in [0.05, 0.1) is 26.5 Å². The molecule has 7 nitrogen and oxygen atoms in total. The summed E-state index contributed by atoms with van der Waals surface area (Å²) < 4.78 is 36.1. The third-order valence-corrected chi connectivity index (χ3v) is 3.85. The van der Waals surface area contributed by atoms with E-state index in [4.69, 9.17) is 9.47 Å². The Hall–Kier alpha value is -2.74. The molecule has 140 valence electrons. The highest BCUT2D eigenvalue weighted by Gasteiger charge is 2.07. The lowest BCUT2D eigenvalue weighted by Gasteiger charge is -2.12. The van der Waals surface area contributed by atoms with E-state index < -0.39 is 10.0 Å². The fourth-order valence-electron chi connectivity index (χ4n) is 2.11. The highest BCUT2D eigenvalue weighted by Crippen LogP contribution is 2.15. The molecule has 8 heteroatoms. The monoisotopic (exact) mass is 377 g/mol. The number of hydrogen-bond donors (Lipinski definition) is 2. The van der Waals surface area contributed by atoms with E-state index in [9.17, 15) is 8.42 Å². The Kier molecular flexibility index (Phi) is 6.85. The van der Waals surface area contributed by atoms with Gasteiger partial charge in [-0.15, -0.1) is 0 Å². The lowest BCUT2D eigenvalue weighted by Crippen LogP contribution is -2.35. The minimum absolute atomic E-state index is 0.145. The summed E-state index contributed by atoms with van der Waals surface area (Å²) in [6.45, 7) is 2.84. The van der Waals surface area contributed by atoms with Crippen LogP contribution in [0.1, 0.15) is 12.5 Å². The van der Waals surface area contributed by atoms with Crippen LogP contribution < -0.4 is 19.5 Å². The first-order valence-corrected chi connectivity index (χ1v) is 9.94. The van der Waals surface area contributed by atoms with Gasteiger partial charge in [0.25, 0.3) is 0 Å². The Balaban J connectivity index is 2.13. The van der Waals surface area contributed by atoms with Gasteiger partial charge in [-0.05, 0) is 48.9 Å². The molecule has 2 aromatic rings. The van der Waals surface area contributed by atoms with Crippen molar-refractivity contribution in [1.82, 2.24) is 4.72 Å². The van der Waals surface area contributed by atoms with E-state index in [1.807, 2.05) is 31.2 Å². The Morgan fingerprint density at radius 2 is 1.65 bits per heavy atom. The molecule has 0 amide bonds. The molecule has 0 saturated heterocycles. The maximum absolute atomic E-state index is 11.6. The molecule has 0 atom stereocenters. The topological polar surface area (TPSA) is 89.0 Å². The molecule has 0 aromatic heterocycles. The second-order valence-electron chi connectivity index (χ2n) is 5.47. The Labute approximate surface area is 154 Å². The molecular formula is C18H23N3O4S. The van der Waals surface area contributed by atoms with Crippen molar-refractivity contribution in [2.75, 3.05) is 25.3 Å². The summed E-state index contributed by atoms with van der Waals surface area (Å²) >= 11 is 0. The zero-order chi connectivity index (χ0) is 19.0. The van der Waals surface area contributed by atoms with Gasteiger partial charge in [-0.3, -0.25) is 4.72 Å². The molecule has 0 aliphatic heterocycles. The number of nitrogens with zero attached hydrogens (tertiary/aromatic N) is 1. The van der Waals surface area contributed by atoms with Crippen molar-refractivity contribution in [2.45, 2.75) is 13.5 Å². The zero-order valence-corrected chi connectivity index (χ0v) is 15.8. The van der Waals surface area contributed by atoms with Gasteiger partial charge in [-0.2, -0.15) is 0 Å². The molecule has 0 radical (unpaired) electrons. The van der Waals surface area contributed by atoms with Gasteiger partial charge >= 0.3 is 0 Å². The summed E-state index contributed by atoms with van der Waals surface area (Å²) in [7, 11) is -1.88. The Morgan fingerprint density at radius 3 is 2.19 bits per heavy atom. The fourth-order valence-corrected chi connectivity index (χ4v) is 2.58. The second kappa shape index (κ2) is 9.10. The summed E-state index contributed by atoms with van der Waals surface area (Å²) in [4.78, 5) is 4.34. The van der Waals surface area contributed by atoms with E-state index in [1.54, 1.807) is 31.4 Å². The lowest BCUT2D eigenvalue weighted by atomic mass is 10.2. The molecule has 0 fully saturated rings. The quantitative estimate of drug-likeness (QED) is 0.572. The maximum Gasteiger partial charge on any atom is 0.232 e. The van der Waals surface area contributed by atoms with Gasteiger partial charge < -0.3 is 14.8 Å². The van der Waals surface area contributed by atoms with Crippen molar-refractivity contribution in [3.63, 3.8) is 0 Å². The first-order chi connectivity index (χ1) is 12.4. The van der Waals surface area contributed by atoms with Gasteiger partial charge in [0.1, 0.15) is 11.5 Å². The van der Waals surface area contributed by atoms with Crippen LogP contribution in [0.4, 0.5) is 5.69 Å². The third kappa shape index (κ3) is 6.64. The first-order valence-electron chi connectivity index (χ1n) is 8.04. The van der Waals surface area contributed by atoms with Gasteiger partial charge in [0, 0.05) is 5.69 Å². The normalized spacial score (nSPS) is 11.7. The zero-order valence-electron chi connectivity index (χ0n) is 15.0. The van der Waals surface area contributed by atoms with E-state index >= 15 is 0 Å². The number of rotatable bonds is 7. The second-order valence-corrected chi connectivity index (χ2v) is 7.22. The summed E-state index contributed by atoms with van der Waals surface area (Å²) in [5.74, 6) is 1.64. The van der Waals surface area contributed by atoms with Crippen LogP contribution in [0, 0.1) is 0 Å². The molecule has 2 rings (SSSR count). The van der Waals surface area contributed by atoms with E-state index in [0.29, 0.717) is 24.6 Å². The summed E-state index contributed by atoms with van der Waals surface area (Å²) in [5.41, 5.74) is 1.62. The SMILES string of the molecule is CCOc1ccc(CN=C(Nc2ccc(OC)cc2)NS(C)(=O)=O)cc1. The molecule has 0 aliphatic carbocycles. The number of guanidine groups is 1. The van der Waals surface area contributed by atoms with E-state index in [1.165, 1.54) is 0 Å². The lowest BCUT2D eigenvalue weighted by molar-refractivity contribution is 0.340. The minimum Gasteiger partial charge on any atom is -0.497 e. The maximum atomic E-state index is 11.6. The molecule has 0 spiro atoms. The summed E-state index contributed by atoms with van der Waals surface area (Å²) in [6, 6.07) is 14.6. The fraction of sp³-hybridized carbons (Fsp3) is 0.278. The van der Waals surface area contributed by atoms with E-state index in [-0.39, 0.29) is 5.96 Å². The number of aliphatic imine (C=N–C) groups is 1. The van der Waals surface area contributed by atoms with Crippen LogP contribution in [-0.4, -0.2) is 34.3 Å². The number of methoxy groups -OCH3 is 1. The first kappa shape index (κ1) is 19.6. The van der Waals surface area contributed by atoms with E-state index in [0.717, 1.165) is 17.6 Å². The molecule has 0 unspecified atom stereocenters. The van der Waals surface area contributed by atoms with Gasteiger partial charge in [-0.1, -0.05) is 12.1 Å². The number of nitrogens with one attached hydrogen (secondary N) is 2. The van der Waals surface area contributed by atoms with Crippen molar-refractivity contribution >= 4 is 21.7 Å². The van der Waals surface area contributed by atoms with Crippen LogP contribution in [0.3, 0.4) is 0 Å². The molecular weight excluding hydrogens is 354 g/mol. The molecule has 2 aromatic carbocycles. The van der Waals surface area contributed by atoms with Crippen LogP contribution in [0.25, 0.3) is 0 Å². The van der Waals surface area contributed by atoms with Crippen LogP contribution in [0.5, 0.6) is 11.5 Å². The molecule has 0 saturated carbocycles. The molecule has 2 N–H and O–H groups in total. The van der Waals surface area contributed by atoms with Crippen molar-refractivity contribution in [3.05, 3.63) is 54.1 Å². The number of ether oxygens (including phenoxy) is 2. The molecule has 0 bridgehead atoms. The largest absolute Gasteiger partial charge is 0.497 e. The van der Waals surface area contributed by atoms with Gasteiger partial charge in [-0.25, -0.2) is 13.4 Å². The molecule has 0 heterocycles. The summed E-state index contributed by atoms with van der Waals surface area (Å²) in [6.07, 6.45) is 1.08. The van der Waals surface area contributed by atoms with Crippen molar-refractivity contribution in [3.8, 4) is 11.5 Å². The van der Waals surface area contributed by atoms with Gasteiger partial charge in [0.2, 0.25) is 16.0 Å². The minimum atomic E-state index is -3.46. The van der Waals surface area contributed by atoms with E-state index in [2.05, 4.69) is 15.0 Å². The van der Waals surface area contributed by atoms with Gasteiger partial charge in [0.15, 0.2) is 0 Å². The van der Waals surface area contributed by atoms with Crippen LogP contribution in [-0.2, 0) is 16.6 Å². The van der Waals surface area contributed by atoms with Crippen LogP contribution in [0.2, 0.25) is 0 Å². The Bertz CT molecular complexity index is 832. The highest BCUT2D eigenvalue weighted by molar-refractivity contribution is 7.89. The van der Waals surface area contributed by atoms with Crippen molar-refractivity contribution in [1.29, 1.82) is 0 Å². The van der Waals surface area contributed by atoms with Crippen LogP contribution >= 0.6 is 0 Å². The third-order valence-electron chi connectivity index (χ3n) is 3.29. The summed E-state index contributed by atoms with van der Waals surface area (Å²) in [5, 5.41) is 2.97. The smallest absolute Gasteiger partial charge is 0.232 e. The average molecular weight is 377 g/mol. The number of benzene rings is 2. The Morgan fingerprint density at radius 1 is 1.04 bits per heavy atom. The molecule has 0 aliphatic rings. The predicted octanol–water partition coefficient (Wildman–Crippen LogP) is 2.61. The average Bonchev–Trinajstić information content (AvgIpc) is 2.60. The van der Waals surface area contributed by atoms with Crippen molar-refractivity contribution < 1.29 is 17.9 Å². The highest BCUT2D eigenvalue weighted by atomic mass is 32.2.